The van der Waals surface area contributed by atoms with Crippen LogP contribution in [-0.4, -0.2) is 25.0 Å². The van der Waals surface area contributed by atoms with Crippen LogP contribution in [0.4, 0.5) is 4.79 Å². The fraction of sp³-hybridized carbons (Fsp3) is 0.467. The summed E-state index contributed by atoms with van der Waals surface area (Å²) in [5.41, 5.74) is 2.17. The van der Waals surface area contributed by atoms with Crippen LogP contribution >= 0.6 is 0 Å². The largest absolute Gasteiger partial charge is 0.334 e. The molecule has 3 amide bonds. The molecular formula is C15H21N3O2. The number of aryl methyl sites for hydroxylation is 1. The number of benzene rings is 1. The van der Waals surface area contributed by atoms with Crippen molar-refractivity contribution in [2.75, 3.05) is 13.1 Å². The van der Waals surface area contributed by atoms with Crippen LogP contribution < -0.4 is 16.0 Å². The summed E-state index contributed by atoms with van der Waals surface area (Å²) >= 11 is 0. The van der Waals surface area contributed by atoms with Crippen LogP contribution in [-0.2, 0) is 11.3 Å². The fourth-order valence-electron chi connectivity index (χ4n) is 2.35. The molecule has 1 aromatic carbocycles. The van der Waals surface area contributed by atoms with Crippen molar-refractivity contribution in [2.45, 2.75) is 26.3 Å². The molecule has 0 aromatic heterocycles. The fourth-order valence-corrected chi connectivity index (χ4v) is 2.35. The van der Waals surface area contributed by atoms with Crippen molar-refractivity contribution in [2.24, 2.45) is 5.92 Å². The van der Waals surface area contributed by atoms with E-state index >= 15 is 0 Å². The topological polar surface area (TPSA) is 70.2 Å². The standard InChI is InChI=1S/C15H21N3O2/c1-11-3-2-4-12(9-11)10-17-15(20)18-14(19)13-5-7-16-8-6-13/h2-4,9,13,16H,5-8,10H2,1H3,(H2,17,18,19,20). The third kappa shape index (κ3) is 4.35. The van der Waals surface area contributed by atoms with Gasteiger partial charge in [-0.3, -0.25) is 10.1 Å². The molecule has 20 heavy (non-hydrogen) atoms. The molecule has 0 spiro atoms. The van der Waals surface area contributed by atoms with Gasteiger partial charge in [0.05, 0.1) is 0 Å². The molecule has 2 rings (SSSR count). The van der Waals surface area contributed by atoms with Crippen molar-refractivity contribution in [3.8, 4) is 0 Å². The summed E-state index contributed by atoms with van der Waals surface area (Å²) in [4.78, 5) is 23.6. The highest BCUT2D eigenvalue weighted by Gasteiger charge is 2.22. The Morgan fingerprint density at radius 1 is 1.30 bits per heavy atom. The number of hydrogen-bond donors (Lipinski definition) is 3. The first-order valence-corrected chi connectivity index (χ1v) is 7.00. The molecule has 0 aliphatic carbocycles. The van der Waals surface area contributed by atoms with Gasteiger partial charge in [-0.2, -0.15) is 0 Å². The average Bonchev–Trinajstić information content (AvgIpc) is 2.46. The summed E-state index contributed by atoms with van der Waals surface area (Å²) in [6, 6.07) is 7.49. The number of hydrogen-bond acceptors (Lipinski definition) is 3. The molecule has 5 heteroatoms. The Morgan fingerprint density at radius 2 is 2.05 bits per heavy atom. The molecule has 1 heterocycles. The number of imide groups is 1. The first kappa shape index (κ1) is 14.5. The van der Waals surface area contributed by atoms with Gasteiger partial charge in [-0.15, -0.1) is 0 Å². The summed E-state index contributed by atoms with van der Waals surface area (Å²) in [5, 5.41) is 8.32. The van der Waals surface area contributed by atoms with Crippen LogP contribution in [0, 0.1) is 12.8 Å². The van der Waals surface area contributed by atoms with Gasteiger partial charge >= 0.3 is 6.03 Å². The summed E-state index contributed by atoms with van der Waals surface area (Å²) in [7, 11) is 0. The lowest BCUT2D eigenvalue weighted by Gasteiger charge is -2.21. The highest BCUT2D eigenvalue weighted by molar-refractivity contribution is 5.95. The van der Waals surface area contributed by atoms with Crippen LogP contribution in [0.15, 0.2) is 24.3 Å². The molecule has 108 valence electrons. The van der Waals surface area contributed by atoms with Crippen LogP contribution in [0.3, 0.4) is 0 Å². The lowest BCUT2D eigenvalue weighted by atomic mass is 9.97. The SMILES string of the molecule is Cc1cccc(CNC(=O)NC(=O)C2CCNCC2)c1. The van der Waals surface area contributed by atoms with E-state index in [0.717, 1.165) is 37.1 Å². The van der Waals surface area contributed by atoms with Crippen molar-refractivity contribution in [3.05, 3.63) is 35.4 Å². The Morgan fingerprint density at radius 3 is 2.75 bits per heavy atom. The zero-order valence-corrected chi connectivity index (χ0v) is 11.7. The van der Waals surface area contributed by atoms with E-state index in [1.807, 2.05) is 31.2 Å². The number of rotatable bonds is 3. The summed E-state index contributed by atoms with van der Waals surface area (Å²) in [6.07, 6.45) is 1.58. The number of carbonyl (C=O) groups excluding carboxylic acids is 2. The molecule has 3 N–H and O–H groups in total. The first-order valence-electron chi connectivity index (χ1n) is 7.00. The third-order valence-corrected chi connectivity index (χ3v) is 3.48. The van der Waals surface area contributed by atoms with Crippen molar-refractivity contribution >= 4 is 11.9 Å². The smallest absolute Gasteiger partial charge is 0.321 e. The zero-order valence-electron chi connectivity index (χ0n) is 11.7. The maximum atomic E-state index is 11.9. The van der Waals surface area contributed by atoms with Gasteiger partial charge < -0.3 is 10.6 Å². The van der Waals surface area contributed by atoms with Gasteiger partial charge in [-0.1, -0.05) is 29.8 Å². The van der Waals surface area contributed by atoms with Crippen LogP contribution in [0.2, 0.25) is 0 Å². The molecule has 0 radical (unpaired) electrons. The van der Waals surface area contributed by atoms with E-state index in [1.54, 1.807) is 0 Å². The second kappa shape index (κ2) is 7.05. The summed E-state index contributed by atoms with van der Waals surface area (Å²) in [6.45, 7) is 4.10. The predicted octanol–water partition coefficient (Wildman–Crippen LogP) is 1.32. The Balaban J connectivity index is 1.76. The quantitative estimate of drug-likeness (QED) is 0.779. The van der Waals surface area contributed by atoms with Crippen molar-refractivity contribution in [1.82, 2.24) is 16.0 Å². The predicted molar refractivity (Wildman–Crippen MR) is 77.2 cm³/mol. The molecule has 1 aromatic rings. The second-order valence-electron chi connectivity index (χ2n) is 5.19. The number of nitrogens with one attached hydrogen (secondary N) is 3. The minimum absolute atomic E-state index is 0.0547. The molecule has 1 aliphatic rings. The highest BCUT2D eigenvalue weighted by atomic mass is 16.2. The van der Waals surface area contributed by atoms with E-state index < -0.39 is 6.03 Å². The van der Waals surface area contributed by atoms with Gasteiger partial charge in [0.25, 0.3) is 0 Å². The average molecular weight is 275 g/mol. The second-order valence-corrected chi connectivity index (χ2v) is 5.19. The Labute approximate surface area is 119 Å². The van der Waals surface area contributed by atoms with Gasteiger partial charge in [0, 0.05) is 12.5 Å². The van der Waals surface area contributed by atoms with E-state index in [-0.39, 0.29) is 11.8 Å². The van der Waals surface area contributed by atoms with Gasteiger partial charge in [0.15, 0.2) is 0 Å². The van der Waals surface area contributed by atoms with E-state index in [2.05, 4.69) is 16.0 Å². The van der Waals surface area contributed by atoms with Gasteiger partial charge in [0.1, 0.15) is 0 Å². The third-order valence-electron chi connectivity index (χ3n) is 3.48. The van der Waals surface area contributed by atoms with E-state index in [9.17, 15) is 9.59 Å². The highest BCUT2D eigenvalue weighted by Crippen LogP contribution is 2.11. The van der Waals surface area contributed by atoms with E-state index in [4.69, 9.17) is 0 Å². The lowest BCUT2D eigenvalue weighted by molar-refractivity contribution is -0.124. The minimum Gasteiger partial charge on any atom is -0.334 e. The molecule has 1 aliphatic heterocycles. The number of carbonyl (C=O) groups is 2. The number of amides is 3. The number of urea groups is 1. The Bertz CT molecular complexity index is 482. The summed E-state index contributed by atoms with van der Waals surface area (Å²) < 4.78 is 0. The molecule has 1 fully saturated rings. The number of piperidine rings is 1. The van der Waals surface area contributed by atoms with Gasteiger partial charge in [-0.05, 0) is 38.4 Å². The van der Waals surface area contributed by atoms with Crippen molar-refractivity contribution in [3.63, 3.8) is 0 Å². The summed E-state index contributed by atoms with van der Waals surface area (Å²) in [5.74, 6) is -0.228. The maximum Gasteiger partial charge on any atom is 0.321 e. The molecule has 0 unspecified atom stereocenters. The Hall–Kier alpha value is -1.88. The van der Waals surface area contributed by atoms with Crippen molar-refractivity contribution < 1.29 is 9.59 Å². The molecule has 1 saturated heterocycles. The van der Waals surface area contributed by atoms with E-state index in [1.165, 1.54) is 0 Å². The Kier molecular flexibility index (Phi) is 5.12. The molecule has 0 atom stereocenters. The molecular weight excluding hydrogens is 254 g/mol. The molecule has 0 bridgehead atoms. The first-order chi connectivity index (χ1) is 9.65. The van der Waals surface area contributed by atoms with Crippen molar-refractivity contribution in [1.29, 1.82) is 0 Å². The van der Waals surface area contributed by atoms with Gasteiger partial charge in [0.2, 0.25) is 5.91 Å². The van der Waals surface area contributed by atoms with Crippen LogP contribution in [0.1, 0.15) is 24.0 Å². The maximum absolute atomic E-state index is 11.9. The molecule has 0 saturated carbocycles. The zero-order chi connectivity index (χ0) is 14.4. The normalized spacial score (nSPS) is 15.7. The van der Waals surface area contributed by atoms with E-state index in [0.29, 0.717) is 6.54 Å². The lowest BCUT2D eigenvalue weighted by Crippen LogP contribution is -2.44. The van der Waals surface area contributed by atoms with Gasteiger partial charge in [-0.25, -0.2) is 4.79 Å². The van der Waals surface area contributed by atoms with Crippen LogP contribution in [0.5, 0.6) is 0 Å². The molecule has 5 nitrogen and oxygen atoms in total. The minimum atomic E-state index is -0.421. The monoisotopic (exact) mass is 275 g/mol. The van der Waals surface area contributed by atoms with Crippen LogP contribution in [0.25, 0.3) is 0 Å².